The molecule has 0 aliphatic carbocycles. The molecule has 0 saturated carbocycles. The summed E-state index contributed by atoms with van der Waals surface area (Å²) < 4.78 is 12.9. The summed E-state index contributed by atoms with van der Waals surface area (Å²) in [7, 11) is 0. The largest absolute Gasteiger partial charge is 0.494 e. The van der Waals surface area contributed by atoms with Gasteiger partial charge in [-0.05, 0) is 26.0 Å². The van der Waals surface area contributed by atoms with E-state index in [9.17, 15) is 0 Å². The second-order valence-corrected chi connectivity index (χ2v) is 5.03. The molecule has 1 heterocycles. The predicted octanol–water partition coefficient (Wildman–Crippen LogP) is 3.81. The first kappa shape index (κ1) is 15.9. The molecule has 0 saturated heterocycles. The van der Waals surface area contributed by atoms with Gasteiger partial charge in [-0.1, -0.05) is 18.2 Å². The second-order valence-electron chi connectivity index (χ2n) is 5.03. The third-order valence-corrected chi connectivity index (χ3v) is 3.27. The molecule has 1 N–H and O–H groups in total. The average molecular weight is 324 g/mol. The molecule has 6 heteroatoms. The molecule has 0 amide bonds. The summed E-state index contributed by atoms with van der Waals surface area (Å²) in [5.41, 5.74) is 1.77. The van der Waals surface area contributed by atoms with Crippen molar-refractivity contribution in [2.24, 2.45) is 0 Å². The maximum absolute atomic E-state index is 5.58. The van der Waals surface area contributed by atoms with Crippen LogP contribution in [0.25, 0.3) is 5.69 Å². The Balaban J connectivity index is 1.81. The number of anilines is 2. The zero-order chi connectivity index (χ0) is 16.8. The molecule has 124 valence electrons. The SMILES string of the molecule is CCOc1cc(Nc2ncn(-c3ccccc3)n2)cc(OCC)c1. The Bertz CT molecular complexity index is 762. The summed E-state index contributed by atoms with van der Waals surface area (Å²) in [6.07, 6.45) is 1.67. The normalized spacial score (nSPS) is 10.4. The topological polar surface area (TPSA) is 61.2 Å². The zero-order valence-electron chi connectivity index (χ0n) is 13.8. The van der Waals surface area contributed by atoms with Gasteiger partial charge in [-0.3, -0.25) is 0 Å². The van der Waals surface area contributed by atoms with E-state index in [2.05, 4.69) is 15.4 Å². The number of benzene rings is 2. The molecule has 0 atom stereocenters. The lowest BCUT2D eigenvalue weighted by atomic mass is 10.3. The molecule has 3 aromatic rings. The van der Waals surface area contributed by atoms with E-state index in [0.717, 1.165) is 22.9 Å². The third-order valence-electron chi connectivity index (χ3n) is 3.27. The quantitative estimate of drug-likeness (QED) is 0.716. The summed E-state index contributed by atoms with van der Waals surface area (Å²) >= 11 is 0. The van der Waals surface area contributed by atoms with E-state index in [4.69, 9.17) is 9.47 Å². The van der Waals surface area contributed by atoms with Gasteiger partial charge in [-0.2, -0.15) is 4.98 Å². The van der Waals surface area contributed by atoms with Crippen molar-refractivity contribution in [2.45, 2.75) is 13.8 Å². The number of para-hydroxylation sites is 1. The van der Waals surface area contributed by atoms with Gasteiger partial charge in [0.25, 0.3) is 0 Å². The lowest BCUT2D eigenvalue weighted by Crippen LogP contribution is -1.99. The average Bonchev–Trinajstić information content (AvgIpc) is 3.05. The molecule has 0 fully saturated rings. The van der Waals surface area contributed by atoms with Crippen molar-refractivity contribution < 1.29 is 9.47 Å². The lowest BCUT2D eigenvalue weighted by molar-refractivity contribution is 0.323. The van der Waals surface area contributed by atoms with Crippen molar-refractivity contribution >= 4 is 11.6 Å². The van der Waals surface area contributed by atoms with E-state index in [-0.39, 0.29) is 0 Å². The van der Waals surface area contributed by atoms with Crippen LogP contribution in [0.1, 0.15) is 13.8 Å². The maximum Gasteiger partial charge on any atom is 0.246 e. The Morgan fingerprint density at radius 2 is 1.62 bits per heavy atom. The van der Waals surface area contributed by atoms with Gasteiger partial charge >= 0.3 is 0 Å². The fourth-order valence-electron chi connectivity index (χ4n) is 2.30. The maximum atomic E-state index is 5.58. The summed E-state index contributed by atoms with van der Waals surface area (Å²) in [6.45, 7) is 5.08. The van der Waals surface area contributed by atoms with Crippen LogP contribution in [0.5, 0.6) is 11.5 Å². The summed E-state index contributed by atoms with van der Waals surface area (Å²) in [4.78, 5) is 4.30. The summed E-state index contributed by atoms with van der Waals surface area (Å²) in [5, 5.41) is 7.63. The molecule has 0 bridgehead atoms. The van der Waals surface area contributed by atoms with Crippen molar-refractivity contribution in [1.82, 2.24) is 14.8 Å². The molecule has 24 heavy (non-hydrogen) atoms. The molecule has 1 aromatic heterocycles. The lowest BCUT2D eigenvalue weighted by Gasteiger charge is -2.10. The molecule has 0 aliphatic rings. The minimum atomic E-state index is 0.509. The Morgan fingerprint density at radius 1 is 0.958 bits per heavy atom. The van der Waals surface area contributed by atoms with Crippen LogP contribution in [0, 0.1) is 0 Å². The van der Waals surface area contributed by atoms with Crippen molar-refractivity contribution in [2.75, 3.05) is 18.5 Å². The Kier molecular flexibility index (Phi) is 4.96. The first-order valence-corrected chi connectivity index (χ1v) is 7.93. The molecule has 0 unspecified atom stereocenters. The van der Waals surface area contributed by atoms with Crippen LogP contribution in [0.15, 0.2) is 54.9 Å². The number of ether oxygens (including phenoxy) is 2. The second kappa shape index (κ2) is 7.50. The van der Waals surface area contributed by atoms with Crippen LogP contribution < -0.4 is 14.8 Å². The molecular weight excluding hydrogens is 304 g/mol. The number of nitrogens with zero attached hydrogens (tertiary/aromatic N) is 3. The van der Waals surface area contributed by atoms with Gasteiger partial charge in [-0.25, -0.2) is 4.68 Å². The molecule has 0 spiro atoms. The smallest absolute Gasteiger partial charge is 0.246 e. The van der Waals surface area contributed by atoms with E-state index in [0.29, 0.717) is 19.2 Å². The van der Waals surface area contributed by atoms with E-state index in [1.54, 1.807) is 11.0 Å². The van der Waals surface area contributed by atoms with Gasteiger partial charge in [0.05, 0.1) is 18.9 Å². The van der Waals surface area contributed by atoms with Gasteiger partial charge in [0, 0.05) is 23.9 Å². The minimum absolute atomic E-state index is 0.509. The van der Waals surface area contributed by atoms with Gasteiger partial charge in [0.15, 0.2) is 0 Å². The van der Waals surface area contributed by atoms with Crippen LogP contribution in [0.4, 0.5) is 11.6 Å². The standard InChI is InChI=1S/C18H20N4O2/c1-3-23-16-10-14(11-17(12-16)24-4-2)20-18-19-13-22(21-18)15-8-6-5-7-9-15/h5-13H,3-4H2,1-2H3,(H,20,21). The van der Waals surface area contributed by atoms with Crippen molar-refractivity contribution in [1.29, 1.82) is 0 Å². The molecular formula is C18H20N4O2. The van der Waals surface area contributed by atoms with E-state index < -0.39 is 0 Å². The van der Waals surface area contributed by atoms with Gasteiger partial charge < -0.3 is 14.8 Å². The number of rotatable bonds is 7. The molecule has 0 radical (unpaired) electrons. The molecule has 6 nitrogen and oxygen atoms in total. The fourth-order valence-corrected chi connectivity index (χ4v) is 2.30. The van der Waals surface area contributed by atoms with Crippen LogP contribution >= 0.6 is 0 Å². The minimum Gasteiger partial charge on any atom is -0.494 e. The predicted molar refractivity (Wildman–Crippen MR) is 93.4 cm³/mol. The highest BCUT2D eigenvalue weighted by Crippen LogP contribution is 2.27. The summed E-state index contributed by atoms with van der Waals surface area (Å²) in [6, 6.07) is 15.5. The van der Waals surface area contributed by atoms with Crippen molar-refractivity contribution in [3.63, 3.8) is 0 Å². The molecule has 2 aromatic carbocycles. The first-order chi connectivity index (χ1) is 11.8. The number of hydrogen-bond donors (Lipinski definition) is 1. The number of aromatic nitrogens is 3. The zero-order valence-corrected chi connectivity index (χ0v) is 13.8. The third kappa shape index (κ3) is 3.84. The van der Waals surface area contributed by atoms with Gasteiger partial charge in [0.2, 0.25) is 5.95 Å². The van der Waals surface area contributed by atoms with Crippen LogP contribution in [0.3, 0.4) is 0 Å². The van der Waals surface area contributed by atoms with Crippen molar-refractivity contribution in [3.8, 4) is 17.2 Å². The van der Waals surface area contributed by atoms with E-state index >= 15 is 0 Å². The Labute approximate surface area is 141 Å². The van der Waals surface area contributed by atoms with Crippen molar-refractivity contribution in [3.05, 3.63) is 54.9 Å². The van der Waals surface area contributed by atoms with E-state index in [1.165, 1.54) is 0 Å². The fraction of sp³-hybridized carbons (Fsp3) is 0.222. The van der Waals surface area contributed by atoms with Crippen LogP contribution in [-0.2, 0) is 0 Å². The monoisotopic (exact) mass is 324 g/mol. The Hall–Kier alpha value is -3.02. The summed E-state index contributed by atoms with van der Waals surface area (Å²) in [5.74, 6) is 2.00. The highest BCUT2D eigenvalue weighted by Gasteiger charge is 2.07. The van der Waals surface area contributed by atoms with Crippen LogP contribution in [-0.4, -0.2) is 28.0 Å². The van der Waals surface area contributed by atoms with E-state index in [1.807, 2.05) is 62.4 Å². The highest BCUT2D eigenvalue weighted by molar-refractivity contribution is 5.59. The molecule has 3 rings (SSSR count). The molecule has 0 aliphatic heterocycles. The highest BCUT2D eigenvalue weighted by atomic mass is 16.5. The van der Waals surface area contributed by atoms with Gasteiger partial charge in [0.1, 0.15) is 17.8 Å². The van der Waals surface area contributed by atoms with Gasteiger partial charge in [-0.15, -0.1) is 5.10 Å². The van der Waals surface area contributed by atoms with Crippen LogP contribution in [0.2, 0.25) is 0 Å². The number of nitrogens with one attached hydrogen (secondary N) is 1. The first-order valence-electron chi connectivity index (χ1n) is 7.93. The Morgan fingerprint density at radius 3 is 2.25 bits per heavy atom. The number of hydrogen-bond acceptors (Lipinski definition) is 5.